The quantitative estimate of drug-likeness (QED) is 0.654. The standard InChI is InChI=1S/C16H21ClFNO/c1-3-5-6-12(4-2)16(20-10-9-19)13-7-8-15(18)14(17)11-13/h7-8,11-12,16H,3-6,10H2,1-2H3/t12-,16+/m0/s1. The summed E-state index contributed by atoms with van der Waals surface area (Å²) >= 11 is 5.85. The van der Waals surface area contributed by atoms with Gasteiger partial charge in [-0.2, -0.15) is 5.26 Å². The van der Waals surface area contributed by atoms with E-state index in [-0.39, 0.29) is 17.7 Å². The molecule has 2 nitrogen and oxygen atoms in total. The molecule has 0 aliphatic carbocycles. The Kier molecular flexibility index (Phi) is 7.58. The average molecular weight is 298 g/mol. The van der Waals surface area contributed by atoms with Gasteiger partial charge in [0.25, 0.3) is 0 Å². The van der Waals surface area contributed by atoms with E-state index in [1.165, 1.54) is 6.07 Å². The van der Waals surface area contributed by atoms with Crippen molar-refractivity contribution in [3.63, 3.8) is 0 Å². The number of nitriles is 1. The van der Waals surface area contributed by atoms with Crippen LogP contribution in [0, 0.1) is 23.1 Å². The highest BCUT2D eigenvalue weighted by Gasteiger charge is 2.23. The fourth-order valence-electron chi connectivity index (χ4n) is 2.36. The maximum atomic E-state index is 13.3. The highest BCUT2D eigenvalue weighted by molar-refractivity contribution is 6.30. The Morgan fingerprint density at radius 2 is 2.15 bits per heavy atom. The van der Waals surface area contributed by atoms with Crippen LogP contribution in [0.5, 0.6) is 0 Å². The summed E-state index contributed by atoms with van der Waals surface area (Å²) in [5.41, 5.74) is 0.842. The van der Waals surface area contributed by atoms with E-state index in [2.05, 4.69) is 13.8 Å². The second-order valence-electron chi connectivity index (χ2n) is 4.87. The van der Waals surface area contributed by atoms with E-state index in [9.17, 15) is 4.39 Å². The minimum Gasteiger partial charge on any atom is -0.358 e. The van der Waals surface area contributed by atoms with Crippen LogP contribution in [0.2, 0.25) is 5.02 Å². The summed E-state index contributed by atoms with van der Waals surface area (Å²) in [5, 5.41) is 8.83. The van der Waals surface area contributed by atoms with Gasteiger partial charge in [0.2, 0.25) is 0 Å². The zero-order valence-electron chi connectivity index (χ0n) is 12.0. The van der Waals surface area contributed by atoms with Gasteiger partial charge in [-0.1, -0.05) is 50.8 Å². The third kappa shape index (κ3) is 4.77. The molecule has 1 rings (SSSR count). The van der Waals surface area contributed by atoms with Gasteiger partial charge in [0, 0.05) is 0 Å². The molecule has 0 unspecified atom stereocenters. The van der Waals surface area contributed by atoms with E-state index < -0.39 is 5.82 Å². The molecule has 0 fully saturated rings. The van der Waals surface area contributed by atoms with Crippen molar-refractivity contribution in [2.45, 2.75) is 45.6 Å². The van der Waals surface area contributed by atoms with Crippen molar-refractivity contribution in [2.75, 3.05) is 6.61 Å². The summed E-state index contributed by atoms with van der Waals surface area (Å²) in [6.07, 6.45) is 4.00. The van der Waals surface area contributed by atoms with Gasteiger partial charge < -0.3 is 4.74 Å². The molecule has 0 saturated carbocycles. The molecule has 0 N–H and O–H groups in total. The molecule has 0 radical (unpaired) electrons. The Morgan fingerprint density at radius 3 is 2.70 bits per heavy atom. The smallest absolute Gasteiger partial charge is 0.141 e. The predicted octanol–water partition coefficient (Wildman–Crippen LogP) is 5.28. The molecule has 20 heavy (non-hydrogen) atoms. The van der Waals surface area contributed by atoms with Crippen LogP contribution < -0.4 is 0 Å². The van der Waals surface area contributed by atoms with Crippen molar-refractivity contribution in [1.29, 1.82) is 5.26 Å². The van der Waals surface area contributed by atoms with Gasteiger partial charge in [0.15, 0.2) is 0 Å². The van der Waals surface area contributed by atoms with E-state index in [0.29, 0.717) is 5.92 Å². The van der Waals surface area contributed by atoms with Gasteiger partial charge in [0.05, 0.1) is 17.2 Å². The van der Waals surface area contributed by atoms with Crippen molar-refractivity contribution in [3.05, 3.63) is 34.6 Å². The molecule has 4 heteroatoms. The SMILES string of the molecule is CCCC[C@H](CC)[C@@H](OCC#N)c1ccc(F)c(Cl)c1. The predicted molar refractivity (Wildman–Crippen MR) is 79.0 cm³/mol. The molecule has 1 aromatic rings. The third-order valence-electron chi connectivity index (χ3n) is 3.48. The Balaban J connectivity index is 2.96. The van der Waals surface area contributed by atoms with E-state index in [1.807, 2.05) is 6.07 Å². The lowest BCUT2D eigenvalue weighted by Crippen LogP contribution is -2.16. The Labute approximate surface area is 125 Å². The van der Waals surface area contributed by atoms with Gasteiger partial charge in [-0.05, 0) is 30.0 Å². The van der Waals surface area contributed by atoms with Crippen molar-refractivity contribution in [3.8, 4) is 6.07 Å². The minimum absolute atomic E-state index is 0.0300. The molecule has 0 bridgehead atoms. The first-order chi connectivity index (χ1) is 9.63. The molecule has 0 saturated heterocycles. The lowest BCUT2D eigenvalue weighted by Gasteiger charge is -2.26. The van der Waals surface area contributed by atoms with Crippen LogP contribution in [0.4, 0.5) is 4.39 Å². The second-order valence-corrected chi connectivity index (χ2v) is 5.28. The van der Waals surface area contributed by atoms with Crippen LogP contribution in [-0.4, -0.2) is 6.61 Å². The summed E-state index contributed by atoms with van der Waals surface area (Å²) in [6.45, 7) is 4.28. The lowest BCUT2D eigenvalue weighted by molar-refractivity contribution is 0.0244. The monoisotopic (exact) mass is 297 g/mol. The van der Waals surface area contributed by atoms with Crippen LogP contribution in [0.1, 0.15) is 51.2 Å². The number of halogens is 2. The topological polar surface area (TPSA) is 33.0 Å². The molecular weight excluding hydrogens is 277 g/mol. The summed E-state index contributed by atoms with van der Waals surface area (Å²) in [7, 11) is 0. The highest BCUT2D eigenvalue weighted by Crippen LogP contribution is 2.33. The van der Waals surface area contributed by atoms with Gasteiger partial charge in [-0.3, -0.25) is 0 Å². The molecule has 0 spiro atoms. The summed E-state index contributed by atoms with van der Waals surface area (Å²) in [5.74, 6) is -0.124. The number of rotatable bonds is 8. The fourth-order valence-corrected chi connectivity index (χ4v) is 2.55. The number of unbranched alkanes of at least 4 members (excludes halogenated alkanes) is 1. The van der Waals surface area contributed by atoms with Crippen LogP contribution in [0.25, 0.3) is 0 Å². The maximum absolute atomic E-state index is 13.3. The Morgan fingerprint density at radius 1 is 1.40 bits per heavy atom. The van der Waals surface area contributed by atoms with E-state index >= 15 is 0 Å². The minimum atomic E-state index is -0.434. The van der Waals surface area contributed by atoms with Gasteiger partial charge in [-0.15, -0.1) is 0 Å². The Hall–Kier alpha value is -1.11. The molecule has 0 aromatic heterocycles. The number of benzene rings is 1. The molecule has 110 valence electrons. The first-order valence-corrected chi connectivity index (χ1v) is 7.45. The van der Waals surface area contributed by atoms with Crippen molar-refractivity contribution in [1.82, 2.24) is 0 Å². The number of nitrogens with zero attached hydrogens (tertiary/aromatic N) is 1. The Bertz CT molecular complexity index is 458. The molecule has 2 atom stereocenters. The lowest BCUT2D eigenvalue weighted by atomic mass is 9.89. The third-order valence-corrected chi connectivity index (χ3v) is 3.77. The largest absolute Gasteiger partial charge is 0.358 e. The summed E-state index contributed by atoms with van der Waals surface area (Å²) in [4.78, 5) is 0. The zero-order valence-corrected chi connectivity index (χ0v) is 12.8. The number of ether oxygens (including phenoxy) is 1. The molecule has 0 heterocycles. The van der Waals surface area contributed by atoms with Crippen LogP contribution >= 0.6 is 11.6 Å². The second kappa shape index (κ2) is 8.94. The first-order valence-electron chi connectivity index (χ1n) is 7.07. The van der Waals surface area contributed by atoms with E-state index in [0.717, 1.165) is 31.2 Å². The van der Waals surface area contributed by atoms with Gasteiger partial charge in [-0.25, -0.2) is 4.39 Å². The van der Waals surface area contributed by atoms with Crippen molar-refractivity contribution >= 4 is 11.6 Å². The number of hydrogen-bond acceptors (Lipinski definition) is 2. The van der Waals surface area contributed by atoms with Crippen LogP contribution in [-0.2, 0) is 4.74 Å². The maximum Gasteiger partial charge on any atom is 0.141 e. The fraction of sp³-hybridized carbons (Fsp3) is 0.562. The van der Waals surface area contributed by atoms with E-state index in [1.54, 1.807) is 12.1 Å². The molecule has 0 amide bonds. The molecule has 0 aliphatic rings. The normalized spacial score (nSPS) is 13.8. The zero-order chi connectivity index (χ0) is 15.0. The van der Waals surface area contributed by atoms with Crippen LogP contribution in [0.15, 0.2) is 18.2 Å². The highest BCUT2D eigenvalue weighted by atomic mass is 35.5. The van der Waals surface area contributed by atoms with E-state index in [4.69, 9.17) is 21.6 Å². The first kappa shape index (κ1) is 16.9. The average Bonchev–Trinajstić information content (AvgIpc) is 2.45. The van der Waals surface area contributed by atoms with Crippen molar-refractivity contribution in [2.24, 2.45) is 5.92 Å². The summed E-state index contributed by atoms with van der Waals surface area (Å²) < 4.78 is 19.0. The molecular formula is C16H21ClFNO. The molecule has 0 aliphatic heterocycles. The van der Waals surface area contributed by atoms with Crippen molar-refractivity contribution < 1.29 is 9.13 Å². The van der Waals surface area contributed by atoms with Gasteiger partial charge in [0.1, 0.15) is 12.4 Å². The molecule has 1 aromatic carbocycles. The van der Waals surface area contributed by atoms with Crippen LogP contribution in [0.3, 0.4) is 0 Å². The summed E-state index contributed by atoms with van der Waals surface area (Å²) in [6, 6.07) is 6.65. The number of hydrogen-bond donors (Lipinski definition) is 0. The van der Waals surface area contributed by atoms with Gasteiger partial charge >= 0.3 is 0 Å².